The van der Waals surface area contributed by atoms with E-state index in [1.54, 1.807) is 6.07 Å². The number of pyridine rings is 1. The molecule has 0 radical (unpaired) electrons. The molecule has 0 saturated heterocycles. The lowest BCUT2D eigenvalue weighted by atomic mass is 9.71. The molecule has 1 aliphatic carbocycles. The third-order valence-corrected chi connectivity index (χ3v) is 3.87. The number of nitrogens with zero attached hydrogens (tertiary/aromatic N) is 1. The molecule has 1 aromatic rings. The van der Waals surface area contributed by atoms with Crippen LogP contribution in [0.25, 0.3) is 0 Å². The second-order valence-electron chi connectivity index (χ2n) is 6.78. The van der Waals surface area contributed by atoms with Crippen LogP contribution >= 0.6 is 0 Å². The Morgan fingerprint density at radius 2 is 2.15 bits per heavy atom. The normalized spacial score (nSPS) is 25.2. The van der Waals surface area contributed by atoms with E-state index in [2.05, 4.69) is 25.8 Å². The highest BCUT2D eigenvalue weighted by Crippen LogP contribution is 2.40. The number of carboxylic acid groups (broad SMARTS) is 1. The highest BCUT2D eigenvalue weighted by molar-refractivity contribution is 5.90. The highest BCUT2D eigenvalue weighted by Gasteiger charge is 2.33. The van der Waals surface area contributed by atoms with Gasteiger partial charge in [0, 0.05) is 18.0 Å². The van der Waals surface area contributed by atoms with Crippen molar-refractivity contribution >= 4 is 5.97 Å². The van der Waals surface area contributed by atoms with E-state index in [4.69, 9.17) is 4.74 Å². The first-order valence-corrected chi connectivity index (χ1v) is 7.13. The number of hydrogen-bond acceptors (Lipinski definition) is 3. The van der Waals surface area contributed by atoms with E-state index < -0.39 is 5.97 Å². The van der Waals surface area contributed by atoms with Gasteiger partial charge in [0.15, 0.2) is 0 Å². The van der Waals surface area contributed by atoms with E-state index in [0.717, 1.165) is 18.5 Å². The number of carbonyl (C=O) groups is 1. The molecule has 1 aromatic heterocycles. The first kappa shape index (κ1) is 14.8. The largest absolute Gasteiger partial charge is 0.489 e. The summed E-state index contributed by atoms with van der Waals surface area (Å²) in [5.41, 5.74) is 1.16. The third-order valence-electron chi connectivity index (χ3n) is 3.87. The van der Waals surface area contributed by atoms with Crippen LogP contribution in [0.1, 0.15) is 56.1 Å². The summed E-state index contributed by atoms with van der Waals surface area (Å²) in [6.07, 6.45) is 4.58. The maximum Gasteiger partial charge on any atom is 0.341 e. The highest BCUT2D eigenvalue weighted by atomic mass is 16.5. The Morgan fingerprint density at radius 3 is 2.75 bits per heavy atom. The summed E-state index contributed by atoms with van der Waals surface area (Å²) in [6.45, 7) is 8.56. The molecule has 4 heteroatoms. The van der Waals surface area contributed by atoms with Crippen molar-refractivity contribution in [2.75, 3.05) is 0 Å². The van der Waals surface area contributed by atoms with E-state index >= 15 is 0 Å². The molecule has 1 saturated carbocycles. The van der Waals surface area contributed by atoms with Crippen molar-refractivity contribution in [3.8, 4) is 5.75 Å². The summed E-state index contributed by atoms with van der Waals surface area (Å²) in [5, 5.41) is 9.22. The predicted octanol–water partition coefficient (Wildman–Crippen LogP) is 3.68. The third kappa shape index (κ3) is 3.50. The summed E-state index contributed by atoms with van der Waals surface area (Å²) in [7, 11) is 0. The molecule has 0 spiro atoms. The van der Waals surface area contributed by atoms with Crippen LogP contribution in [0.4, 0.5) is 0 Å². The first-order chi connectivity index (χ1) is 9.27. The zero-order chi connectivity index (χ0) is 14.9. The number of hydrogen-bond donors (Lipinski definition) is 1. The Morgan fingerprint density at radius 1 is 1.45 bits per heavy atom. The molecule has 1 heterocycles. The lowest BCUT2D eigenvalue weighted by Gasteiger charge is -2.39. The maximum atomic E-state index is 11.2. The van der Waals surface area contributed by atoms with Crippen LogP contribution < -0.4 is 4.74 Å². The number of ether oxygens (including phenoxy) is 1. The summed E-state index contributed by atoms with van der Waals surface area (Å²) in [4.78, 5) is 15.3. The topological polar surface area (TPSA) is 59.4 Å². The second kappa shape index (κ2) is 5.43. The average Bonchev–Trinajstić information content (AvgIpc) is 2.25. The predicted molar refractivity (Wildman–Crippen MR) is 77.1 cm³/mol. The van der Waals surface area contributed by atoms with Gasteiger partial charge in [-0.25, -0.2) is 4.79 Å². The SMILES string of the molecule is Cc1cc(OC2CC(C)CC(C)(C)C2)c(C(=O)O)cn1. The van der Waals surface area contributed by atoms with E-state index in [1.165, 1.54) is 12.6 Å². The van der Waals surface area contributed by atoms with Gasteiger partial charge in [-0.1, -0.05) is 20.8 Å². The smallest absolute Gasteiger partial charge is 0.341 e. The second-order valence-corrected chi connectivity index (χ2v) is 6.78. The van der Waals surface area contributed by atoms with Gasteiger partial charge >= 0.3 is 5.97 Å². The minimum Gasteiger partial charge on any atom is -0.489 e. The quantitative estimate of drug-likeness (QED) is 0.915. The number of carboxylic acids is 1. The van der Waals surface area contributed by atoms with Crippen molar-refractivity contribution < 1.29 is 14.6 Å². The van der Waals surface area contributed by atoms with Gasteiger partial charge in [-0.3, -0.25) is 4.98 Å². The van der Waals surface area contributed by atoms with Gasteiger partial charge in [0.2, 0.25) is 0 Å². The van der Waals surface area contributed by atoms with Crippen LogP contribution in [-0.2, 0) is 0 Å². The number of aromatic carboxylic acids is 1. The average molecular weight is 277 g/mol. The fourth-order valence-corrected chi connectivity index (χ4v) is 3.32. The zero-order valence-electron chi connectivity index (χ0n) is 12.6. The Hall–Kier alpha value is -1.58. The molecule has 2 unspecified atom stereocenters. The fourth-order valence-electron chi connectivity index (χ4n) is 3.32. The van der Waals surface area contributed by atoms with Gasteiger partial charge < -0.3 is 9.84 Å². The summed E-state index contributed by atoms with van der Waals surface area (Å²) in [5.74, 6) is 0.0514. The molecule has 110 valence electrons. The number of aryl methyl sites for hydroxylation is 1. The van der Waals surface area contributed by atoms with Gasteiger partial charge in [-0.15, -0.1) is 0 Å². The maximum absolute atomic E-state index is 11.2. The molecule has 0 aliphatic heterocycles. The van der Waals surface area contributed by atoms with Gasteiger partial charge in [0.1, 0.15) is 11.3 Å². The zero-order valence-corrected chi connectivity index (χ0v) is 12.6. The Kier molecular flexibility index (Phi) is 4.02. The van der Waals surface area contributed by atoms with Gasteiger partial charge in [-0.05, 0) is 37.5 Å². The van der Waals surface area contributed by atoms with Gasteiger partial charge in [-0.2, -0.15) is 0 Å². The van der Waals surface area contributed by atoms with E-state index in [0.29, 0.717) is 11.7 Å². The molecule has 0 aromatic carbocycles. The molecule has 2 rings (SSSR count). The first-order valence-electron chi connectivity index (χ1n) is 7.13. The molecule has 0 amide bonds. The van der Waals surface area contributed by atoms with E-state index in [9.17, 15) is 9.90 Å². The summed E-state index contributed by atoms with van der Waals surface area (Å²) in [6, 6.07) is 1.72. The van der Waals surface area contributed by atoms with E-state index in [-0.39, 0.29) is 17.1 Å². The molecule has 1 aliphatic rings. The molecule has 1 N–H and O–H groups in total. The van der Waals surface area contributed by atoms with Gasteiger partial charge in [0.05, 0.1) is 6.10 Å². The summed E-state index contributed by atoms with van der Waals surface area (Å²) >= 11 is 0. The lowest BCUT2D eigenvalue weighted by Crippen LogP contribution is -2.34. The molecule has 0 bridgehead atoms. The van der Waals surface area contributed by atoms with Crippen LogP contribution in [0.15, 0.2) is 12.3 Å². The molecule has 2 atom stereocenters. The minimum atomic E-state index is -0.990. The number of aromatic nitrogens is 1. The number of rotatable bonds is 3. The Balaban J connectivity index is 2.21. The van der Waals surface area contributed by atoms with Crippen LogP contribution in [0.3, 0.4) is 0 Å². The van der Waals surface area contributed by atoms with Crippen molar-refractivity contribution in [1.29, 1.82) is 0 Å². The summed E-state index contributed by atoms with van der Waals surface area (Å²) < 4.78 is 6.01. The van der Waals surface area contributed by atoms with Crippen molar-refractivity contribution in [2.45, 2.75) is 53.1 Å². The van der Waals surface area contributed by atoms with Crippen LogP contribution in [0, 0.1) is 18.3 Å². The monoisotopic (exact) mass is 277 g/mol. The Labute approximate surface area is 120 Å². The Bertz CT molecular complexity index is 510. The van der Waals surface area contributed by atoms with E-state index in [1.807, 2.05) is 6.92 Å². The van der Waals surface area contributed by atoms with Crippen LogP contribution in [0.5, 0.6) is 5.75 Å². The van der Waals surface area contributed by atoms with Crippen molar-refractivity contribution in [3.63, 3.8) is 0 Å². The molecule has 20 heavy (non-hydrogen) atoms. The fraction of sp³-hybridized carbons (Fsp3) is 0.625. The van der Waals surface area contributed by atoms with Crippen LogP contribution in [0.2, 0.25) is 0 Å². The molecule has 1 fully saturated rings. The van der Waals surface area contributed by atoms with Crippen molar-refractivity contribution in [1.82, 2.24) is 4.98 Å². The van der Waals surface area contributed by atoms with Crippen LogP contribution in [-0.4, -0.2) is 22.2 Å². The van der Waals surface area contributed by atoms with Crippen molar-refractivity contribution in [2.24, 2.45) is 11.3 Å². The lowest BCUT2D eigenvalue weighted by molar-refractivity contribution is 0.0531. The molecule has 4 nitrogen and oxygen atoms in total. The van der Waals surface area contributed by atoms with Crippen molar-refractivity contribution in [3.05, 3.63) is 23.5 Å². The standard InChI is InChI=1S/C16H23NO3/c1-10-5-12(8-16(3,4)7-10)20-14-6-11(2)17-9-13(14)15(18)19/h6,9-10,12H,5,7-8H2,1-4H3,(H,18,19). The van der Waals surface area contributed by atoms with Gasteiger partial charge in [0.25, 0.3) is 0 Å². The minimum absolute atomic E-state index is 0.0775. The molecular formula is C16H23NO3. The molecular weight excluding hydrogens is 254 g/mol.